The van der Waals surface area contributed by atoms with Crippen LogP contribution in [0.15, 0.2) is 72.8 Å². The second-order valence-electron chi connectivity index (χ2n) is 10.4. The summed E-state index contributed by atoms with van der Waals surface area (Å²) in [5.74, 6) is 0.0846. The number of ether oxygens (including phenoxy) is 1. The Morgan fingerprint density at radius 2 is 1.57 bits per heavy atom. The molecule has 0 saturated carbocycles. The molecule has 2 aromatic carbocycles. The van der Waals surface area contributed by atoms with Gasteiger partial charge in [-0.2, -0.15) is 0 Å². The van der Waals surface area contributed by atoms with Crippen molar-refractivity contribution in [3.05, 3.63) is 115 Å². The zero-order valence-corrected chi connectivity index (χ0v) is 27.3. The number of aliphatic hydroxyl groups excluding tert-OH is 1. The maximum Gasteiger partial charge on any atom is 0.414 e. The summed E-state index contributed by atoms with van der Waals surface area (Å²) in [4.78, 5) is 46.7. The molecule has 236 valence electrons. The lowest BCUT2D eigenvalue weighted by Crippen LogP contribution is -2.24. The molecule has 0 bridgehead atoms. The third kappa shape index (κ3) is 9.99. The molecule has 2 atom stereocenters. The van der Waals surface area contributed by atoms with Crippen molar-refractivity contribution in [2.75, 3.05) is 23.3 Å². The fourth-order valence-electron chi connectivity index (χ4n) is 4.47. The average Bonchev–Trinajstić information content (AvgIpc) is 3.81. The Balaban J connectivity index is 0.000000210. The van der Waals surface area contributed by atoms with Crippen LogP contribution in [0, 0.1) is 20.1 Å². The van der Waals surface area contributed by atoms with Gasteiger partial charge in [0.05, 0.1) is 39.9 Å². The summed E-state index contributed by atoms with van der Waals surface area (Å²) >= 11 is 8.54. The van der Waals surface area contributed by atoms with Gasteiger partial charge in [0.25, 0.3) is 0 Å². The van der Waals surface area contributed by atoms with Gasteiger partial charge in [-0.1, -0.05) is 35.9 Å². The van der Waals surface area contributed by atoms with E-state index in [2.05, 4.69) is 15.0 Å². The largest absolute Gasteiger partial charge is 0.444 e. The highest BCUT2D eigenvalue weighted by atomic mass is 35.5. The van der Waals surface area contributed by atoms with E-state index < -0.39 is 12.2 Å². The second kappa shape index (κ2) is 16.7. The van der Waals surface area contributed by atoms with Crippen LogP contribution >= 0.6 is 34.3 Å². The van der Waals surface area contributed by atoms with Crippen LogP contribution in [0.1, 0.15) is 49.9 Å². The van der Waals surface area contributed by atoms with E-state index >= 15 is 0 Å². The molecular weight excluding hydrogens is 644 g/mol. The van der Waals surface area contributed by atoms with E-state index in [1.54, 1.807) is 60.7 Å². The van der Waals surface area contributed by atoms with E-state index in [-0.39, 0.29) is 24.1 Å². The van der Waals surface area contributed by atoms with Crippen molar-refractivity contribution in [1.29, 1.82) is 0 Å². The summed E-state index contributed by atoms with van der Waals surface area (Å²) in [6, 6.07) is 21.0. The van der Waals surface area contributed by atoms with Gasteiger partial charge >= 0.3 is 6.09 Å². The Bertz CT molecular complexity index is 1740. The first-order chi connectivity index (χ1) is 22.1. The number of nitrogens with one attached hydrogen (secondary N) is 1. The number of halogens is 1. The molecule has 2 aromatic heterocycles. The zero-order valence-electron chi connectivity index (χ0n) is 24.9. The topological polar surface area (TPSA) is 105 Å². The van der Waals surface area contributed by atoms with Gasteiger partial charge in [0.15, 0.2) is 22.9 Å². The molecule has 12 heteroatoms. The number of carbonyl (C=O) groups is 3. The van der Waals surface area contributed by atoms with Gasteiger partial charge in [-0.15, -0.1) is 22.7 Å². The molecule has 1 aliphatic heterocycles. The fourth-order valence-corrected chi connectivity index (χ4v) is 6.31. The van der Waals surface area contributed by atoms with Crippen LogP contribution in [-0.4, -0.2) is 48.1 Å². The number of aliphatic hydroxyl groups is 1. The van der Waals surface area contributed by atoms with Crippen LogP contribution in [0.2, 0.25) is 4.34 Å². The van der Waals surface area contributed by atoms with Crippen molar-refractivity contribution in [2.24, 2.45) is 0 Å². The number of ketones is 2. The highest BCUT2D eigenvalue weighted by Gasteiger charge is 2.32. The fraction of sp³-hybridized carbons (Fsp3) is 0.265. The number of hydrogen-bond donors (Lipinski definition) is 2. The third-order valence-corrected chi connectivity index (χ3v) is 9.28. The number of carbonyl (C=O) groups excluding carboxylic acids is 3. The monoisotopic (exact) mass is 674 g/mol. The predicted molar refractivity (Wildman–Crippen MR) is 183 cm³/mol. The molecule has 0 radical (unpaired) electrons. The SMILES string of the molecule is [C-]#[N+]c1ccc(N2C[C@H](CCC(=O)c3ccc(C)s3)OC2=O)cc1.[C-]#[N+]c1ccc(NC[C@@H](O)CCC(=O)c2ccc(Cl)s2)cc1. The first-order valence-electron chi connectivity index (χ1n) is 14.4. The highest BCUT2D eigenvalue weighted by molar-refractivity contribution is 7.18. The van der Waals surface area contributed by atoms with Crippen LogP contribution in [0.5, 0.6) is 0 Å². The van der Waals surface area contributed by atoms with Crippen molar-refractivity contribution >= 4 is 74.7 Å². The summed E-state index contributed by atoms with van der Waals surface area (Å²) in [7, 11) is 0. The quantitative estimate of drug-likeness (QED) is 0.115. The number of rotatable bonds is 12. The van der Waals surface area contributed by atoms with Gasteiger partial charge in [-0.25, -0.2) is 14.5 Å². The smallest absolute Gasteiger partial charge is 0.414 e. The maximum atomic E-state index is 12.1. The number of benzene rings is 2. The summed E-state index contributed by atoms with van der Waals surface area (Å²) in [5, 5.41) is 13.0. The molecule has 1 amide bonds. The second-order valence-corrected chi connectivity index (χ2v) is 13.4. The zero-order chi connectivity index (χ0) is 33.1. The Morgan fingerprint density at radius 3 is 2.15 bits per heavy atom. The highest BCUT2D eigenvalue weighted by Crippen LogP contribution is 2.27. The number of thiophene rings is 2. The Kier molecular flexibility index (Phi) is 12.5. The van der Waals surface area contributed by atoms with E-state index in [4.69, 9.17) is 29.5 Å². The van der Waals surface area contributed by atoms with E-state index in [9.17, 15) is 19.5 Å². The number of amides is 1. The maximum absolute atomic E-state index is 12.1. The number of anilines is 2. The molecule has 5 rings (SSSR count). The molecule has 9 nitrogen and oxygen atoms in total. The molecule has 1 fully saturated rings. The van der Waals surface area contributed by atoms with Gasteiger partial charge in [0.2, 0.25) is 0 Å². The van der Waals surface area contributed by atoms with Crippen LogP contribution in [0.4, 0.5) is 27.5 Å². The minimum Gasteiger partial charge on any atom is -0.444 e. The lowest BCUT2D eigenvalue weighted by molar-refractivity contribution is 0.0941. The summed E-state index contributed by atoms with van der Waals surface area (Å²) in [5.41, 5.74) is 2.64. The van der Waals surface area contributed by atoms with Crippen molar-refractivity contribution in [2.45, 2.75) is 44.8 Å². The van der Waals surface area contributed by atoms with Crippen LogP contribution in [-0.2, 0) is 4.74 Å². The van der Waals surface area contributed by atoms with Gasteiger partial charge in [-0.05, 0) is 68.3 Å². The minimum absolute atomic E-state index is 0.00244. The molecule has 1 saturated heterocycles. The molecule has 1 aliphatic rings. The number of Topliss-reactive ketones (excluding diaryl/α,β-unsaturated/α-hetero) is 2. The van der Waals surface area contributed by atoms with E-state index in [0.29, 0.717) is 58.6 Å². The molecular formula is C34H31ClN4O5S2. The molecule has 2 N–H and O–H groups in total. The summed E-state index contributed by atoms with van der Waals surface area (Å²) in [6.45, 7) is 16.6. The van der Waals surface area contributed by atoms with Gasteiger partial charge in [0, 0.05) is 35.6 Å². The van der Waals surface area contributed by atoms with Crippen LogP contribution in [0.25, 0.3) is 9.69 Å². The minimum atomic E-state index is -0.611. The molecule has 4 aromatic rings. The number of hydrogen-bond acceptors (Lipinski definition) is 8. The molecule has 46 heavy (non-hydrogen) atoms. The van der Waals surface area contributed by atoms with Gasteiger partial charge in [-0.3, -0.25) is 14.5 Å². The third-order valence-electron chi connectivity index (χ3n) is 6.96. The molecule has 0 spiro atoms. The Morgan fingerprint density at radius 1 is 0.957 bits per heavy atom. The number of cyclic esters (lactones) is 1. The van der Waals surface area contributed by atoms with Crippen molar-refractivity contribution < 1.29 is 24.2 Å². The van der Waals surface area contributed by atoms with Crippen molar-refractivity contribution in [3.63, 3.8) is 0 Å². The summed E-state index contributed by atoms with van der Waals surface area (Å²) < 4.78 is 5.95. The van der Waals surface area contributed by atoms with Crippen molar-refractivity contribution in [1.82, 2.24) is 0 Å². The molecule has 0 unspecified atom stereocenters. The lowest BCUT2D eigenvalue weighted by atomic mass is 10.1. The van der Waals surface area contributed by atoms with Crippen LogP contribution in [0.3, 0.4) is 0 Å². The Hall–Kier alpha value is -4.52. The first-order valence-corrected chi connectivity index (χ1v) is 16.4. The number of nitrogens with zero attached hydrogens (tertiary/aromatic N) is 3. The normalized spacial score (nSPS) is 14.3. The first kappa shape index (κ1) is 34.4. The standard InChI is InChI=1S/C18H16N2O3S.C16H15ClN2O2S/c1-12-3-10-17(24-12)16(21)9-8-15-11-20(18(22)23-15)14-6-4-13(19-2)5-7-14;1-18-11-2-4-12(5-3-11)19-10-13(20)6-7-14(21)15-8-9-16(17)22-15/h3-7,10,15H,8-9,11H2,1H3;2-5,8-9,13,19-20H,6-7,10H2/t15-;13-/m00/s1. The van der Waals surface area contributed by atoms with Gasteiger partial charge < -0.3 is 15.2 Å². The van der Waals surface area contributed by atoms with E-state index in [1.807, 2.05) is 19.1 Å². The summed E-state index contributed by atoms with van der Waals surface area (Å²) in [6.07, 6.45) is 0.247. The van der Waals surface area contributed by atoms with E-state index in [1.165, 1.54) is 27.6 Å². The lowest BCUT2D eigenvalue weighted by Gasteiger charge is -2.12. The molecule has 0 aliphatic carbocycles. The molecule has 3 heterocycles. The predicted octanol–water partition coefficient (Wildman–Crippen LogP) is 8.98. The van der Waals surface area contributed by atoms with Crippen LogP contribution < -0.4 is 10.2 Å². The Labute approximate surface area is 280 Å². The van der Waals surface area contributed by atoms with E-state index in [0.717, 1.165) is 15.4 Å². The number of aryl methyl sites for hydroxylation is 1. The average molecular weight is 675 g/mol. The van der Waals surface area contributed by atoms with Crippen molar-refractivity contribution in [3.8, 4) is 0 Å². The van der Waals surface area contributed by atoms with Gasteiger partial charge in [0.1, 0.15) is 6.10 Å².